The molecular weight excluding hydrogens is 185 g/mol. The molecule has 0 saturated carbocycles. The summed E-state index contributed by atoms with van der Waals surface area (Å²) in [6, 6.07) is 0. The molecule has 1 fully saturated rings. The van der Waals surface area contributed by atoms with Crippen LogP contribution >= 0.6 is 9.39 Å². The fourth-order valence-electron chi connectivity index (χ4n) is 2.11. The van der Waals surface area contributed by atoms with Crippen LogP contribution in [0, 0.1) is 17.8 Å². The molecule has 1 aliphatic heterocycles. The standard InChI is InChI=1S/C9H18NO2P/c1-3-7-4-10(13)5-8(7)6(2)9(11)12/h6-8H,3-5,13H2,1-2H3,(H,11,12)/t6-,7+,8?/m0/s1. The first-order chi connectivity index (χ1) is 6.06. The molecule has 76 valence electrons. The van der Waals surface area contributed by atoms with Crippen molar-refractivity contribution in [1.82, 2.24) is 4.67 Å². The number of carboxylic acid groups (broad SMARTS) is 1. The molecule has 1 heterocycles. The van der Waals surface area contributed by atoms with E-state index in [1.807, 2.05) is 6.92 Å². The molecule has 0 aromatic carbocycles. The molecule has 0 aromatic rings. The minimum absolute atomic E-state index is 0.213. The Kier molecular flexibility index (Phi) is 3.69. The van der Waals surface area contributed by atoms with Gasteiger partial charge in [-0.2, -0.15) is 0 Å². The van der Waals surface area contributed by atoms with Crippen LogP contribution in [0.4, 0.5) is 0 Å². The first kappa shape index (κ1) is 10.9. The van der Waals surface area contributed by atoms with E-state index in [4.69, 9.17) is 5.11 Å². The summed E-state index contributed by atoms with van der Waals surface area (Å²) in [4.78, 5) is 10.8. The Bertz CT molecular complexity index is 198. The van der Waals surface area contributed by atoms with Crippen molar-refractivity contribution in [2.24, 2.45) is 17.8 Å². The predicted octanol–water partition coefficient (Wildman–Crippen LogP) is 1.46. The predicted molar refractivity (Wildman–Crippen MR) is 55.4 cm³/mol. The smallest absolute Gasteiger partial charge is 0.306 e. The molecule has 2 unspecified atom stereocenters. The van der Waals surface area contributed by atoms with Gasteiger partial charge < -0.3 is 5.11 Å². The zero-order chi connectivity index (χ0) is 10.0. The van der Waals surface area contributed by atoms with E-state index >= 15 is 0 Å². The summed E-state index contributed by atoms with van der Waals surface area (Å²) in [5, 5.41) is 8.92. The summed E-state index contributed by atoms with van der Waals surface area (Å²) >= 11 is 0. The van der Waals surface area contributed by atoms with Crippen molar-refractivity contribution < 1.29 is 9.90 Å². The number of hydrogen-bond donors (Lipinski definition) is 1. The monoisotopic (exact) mass is 203 g/mol. The second kappa shape index (κ2) is 4.39. The first-order valence-electron chi connectivity index (χ1n) is 4.78. The number of carboxylic acids is 1. The molecule has 1 aliphatic rings. The van der Waals surface area contributed by atoms with E-state index in [9.17, 15) is 4.79 Å². The quantitative estimate of drug-likeness (QED) is 0.706. The maximum absolute atomic E-state index is 10.8. The summed E-state index contributed by atoms with van der Waals surface area (Å²) in [6.45, 7) is 5.87. The van der Waals surface area contributed by atoms with Gasteiger partial charge in [-0.3, -0.25) is 9.46 Å². The van der Waals surface area contributed by atoms with E-state index in [2.05, 4.69) is 21.0 Å². The van der Waals surface area contributed by atoms with E-state index in [1.165, 1.54) is 0 Å². The minimum atomic E-state index is -0.663. The van der Waals surface area contributed by atoms with Gasteiger partial charge in [-0.25, -0.2) is 0 Å². The van der Waals surface area contributed by atoms with Crippen molar-refractivity contribution in [2.45, 2.75) is 20.3 Å². The zero-order valence-electron chi connectivity index (χ0n) is 8.23. The van der Waals surface area contributed by atoms with Crippen molar-refractivity contribution >= 4 is 15.4 Å². The summed E-state index contributed by atoms with van der Waals surface area (Å²) in [5.41, 5.74) is 0. The minimum Gasteiger partial charge on any atom is -0.481 e. The van der Waals surface area contributed by atoms with Gasteiger partial charge in [0.2, 0.25) is 0 Å². The van der Waals surface area contributed by atoms with E-state index in [-0.39, 0.29) is 5.92 Å². The van der Waals surface area contributed by atoms with Crippen LogP contribution in [0.5, 0.6) is 0 Å². The number of nitrogens with zero attached hydrogens (tertiary/aromatic N) is 1. The van der Waals surface area contributed by atoms with Gasteiger partial charge in [-0.1, -0.05) is 29.7 Å². The Morgan fingerprint density at radius 2 is 2.31 bits per heavy atom. The molecular formula is C9H18NO2P. The first-order valence-corrected chi connectivity index (χ1v) is 5.30. The summed E-state index contributed by atoms with van der Waals surface area (Å²) < 4.78 is 2.15. The molecule has 0 amide bonds. The molecule has 1 N–H and O–H groups in total. The van der Waals surface area contributed by atoms with E-state index in [1.54, 1.807) is 0 Å². The molecule has 13 heavy (non-hydrogen) atoms. The van der Waals surface area contributed by atoms with Crippen LogP contribution in [0.1, 0.15) is 20.3 Å². The van der Waals surface area contributed by atoms with Gasteiger partial charge in [0.1, 0.15) is 0 Å². The van der Waals surface area contributed by atoms with Crippen LogP contribution in [0.3, 0.4) is 0 Å². The normalized spacial score (nSPS) is 31.9. The third-order valence-corrected chi connectivity index (χ3v) is 3.50. The van der Waals surface area contributed by atoms with Crippen molar-refractivity contribution in [3.63, 3.8) is 0 Å². The Morgan fingerprint density at radius 1 is 1.69 bits per heavy atom. The van der Waals surface area contributed by atoms with Gasteiger partial charge in [0, 0.05) is 13.1 Å². The molecule has 0 radical (unpaired) electrons. The van der Waals surface area contributed by atoms with Crippen LogP contribution in [-0.4, -0.2) is 28.8 Å². The topological polar surface area (TPSA) is 40.5 Å². The van der Waals surface area contributed by atoms with Gasteiger partial charge >= 0.3 is 5.97 Å². The molecule has 0 spiro atoms. The average Bonchev–Trinajstić information content (AvgIpc) is 2.45. The Hall–Kier alpha value is -0.140. The van der Waals surface area contributed by atoms with E-state index < -0.39 is 5.97 Å². The second-order valence-corrected chi connectivity index (χ2v) is 4.64. The highest BCUT2D eigenvalue weighted by Gasteiger charge is 2.36. The lowest BCUT2D eigenvalue weighted by atomic mass is 9.84. The zero-order valence-corrected chi connectivity index (χ0v) is 9.39. The third-order valence-electron chi connectivity index (χ3n) is 3.08. The van der Waals surface area contributed by atoms with Gasteiger partial charge in [-0.05, 0) is 11.8 Å². The number of carbonyl (C=O) groups is 1. The van der Waals surface area contributed by atoms with Crippen LogP contribution in [0.15, 0.2) is 0 Å². The maximum atomic E-state index is 10.8. The van der Waals surface area contributed by atoms with E-state index in [0.717, 1.165) is 19.5 Å². The summed E-state index contributed by atoms with van der Waals surface area (Å²) in [5.74, 6) is -0.0113. The fraction of sp³-hybridized carbons (Fsp3) is 0.889. The third kappa shape index (κ3) is 2.41. The molecule has 0 aliphatic carbocycles. The van der Waals surface area contributed by atoms with Gasteiger partial charge in [0.15, 0.2) is 0 Å². The summed E-state index contributed by atoms with van der Waals surface area (Å²) in [7, 11) is 2.67. The Balaban J connectivity index is 2.62. The highest BCUT2D eigenvalue weighted by atomic mass is 31.0. The largest absolute Gasteiger partial charge is 0.481 e. The van der Waals surface area contributed by atoms with Crippen molar-refractivity contribution in [3.8, 4) is 0 Å². The van der Waals surface area contributed by atoms with Gasteiger partial charge in [-0.15, -0.1) is 0 Å². The second-order valence-electron chi connectivity index (χ2n) is 3.91. The Morgan fingerprint density at radius 3 is 2.77 bits per heavy atom. The number of aliphatic carboxylic acids is 1. The fourth-order valence-corrected chi connectivity index (χ4v) is 2.63. The van der Waals surface area contributed by atoms with Crippen LogP contribution in [-0.2, 0) is 4.79 Å². The molecule has 0 aromatic heterocycles. The van der Waals surface area contributed by atoms with Crippen molar-refractivity contribution in [1.29, 1.82) is 0 Å². The average molecular weight is 203 g/mol. The molecule has 1 rings (SSSR count). The van der Waals surface area contributed by atoms with Crippen LogP contribution in [0.25, 0.3) is 0 Å². The highest BCUT2D eigenvalue weighted by molar-refractivity contribution is 7.13. The lowest BCUT2D eigenvalue weighted by Crippen LogP contribution is -2.26. The van der Waals surface area contributed by atoms with Crippen LogP contribution in [0.2, 0.25) is 0 Å². The number of rotatable bonds is 3. The molecule has 4 atom stereocenters. The molecule has 3 nitrogen and oxygen atoms in total. The summed E-state index contributed by atoms with van der Waals surface area (Å²) in [6.07, 6.45) is 1.08. The van der Waals surface area contributed by atoms with Gasteiger partial charge in [0.05, 0.1) is 5.92 Å². The molecule has 1 saturated heterocycles. The van der Waals surface area contributed by atoms with E-state index in [0.29, 0.717) is 11.8 Å². The van der Waals surface area contributed by atoms with Gasteiger partial charge in [0.25, 0.3) is 0 Å². The lowest BCUT2D eigenvalue weighted by molar-refractivity contribution is -0.143. The SMILES string of the molecule is CC[C@@H]1CN(P)CC1[C@H](C)C(=O)O. The maximum Gasteiger partial charge on any atom is 0.306 e. The van der Waals surface area contributed by atoms with Crippen LogP contribution < -0.4 is 0 Å². The lowest BCUT2D eigenvalue weighted by Gasteiger charge is -2.20. The van der Waals surface area contributed by atoms with Crippen molar-refractivity contribution in [2.75, 3.05) is 13.1 Å². The van der Waals surface area contributed by atoms with Crippen molar-refractivity contribution in [3.05, 3.63) is 0 Å². The molecule has 0 bridgehead atoms. The number of hydrogen-bond acceptors (Lipinski definition) is 2. The molecule has 4 heteroatoms. The Labute approximate surface area is 81.8 Å². The highest BCUT2D eigenvalue weighted by Crippen LogP contribution is 2.33.